The number of hydrogen-bond donors (Lipinski definition) is 0. The first-order valence-corrected chi connectivity index (χ1v) is 17.6. The van der Waals surface area contributed by atoms with Gasteiger partial charge in [-0.05, 0) is 40.2 Å². The van der Waals surface area contributed by atoms with Crippen molar-refractivity contribution in [1.82, 2.24) is 0 Å². The number of halogens is 1. The number of hydrogen-bond acceptors (Lipinski definition) is 2. The molecule has 0 saturated heterocycles. The molecule has 3 aromatic carbocycles. The second-order valence-electron chi connectivity index (χ2n) is 12.2. The molecule has 5 heteroatoms. The van der Waals surface area contributed by atoms with Gasteiger partial charge in [-0.3, -0.25) is 0 Å². The van der Waals surface area contributed by atoms with Crippen molar-refractivity contribution >= 4 is 41.7 Å². The summed E-state index contributed by atoms with van der Waals surface area (Å²) >= 11 is 0. The molecule has 2 nitrogen and oxygen atoms in total. The van der Waals surface area contributed by atoms with Gasteiger partial charge in [-0.2, -0.15) is 6.42 Å². The molecule has 0 aromatic heterocycles. The maximum absolute atomic E-state index is 7.58. The van der Waals surface area contributed by atoms with E-state index in [2.05, 4.69) is 119 Å². The number of unbranched alkanes of at least 4 members (excludes halogenated alkanes) is 7. The Morgan fingerprint density at radius 2 is 1.10 bits per heavy atom. The minimum Gasteiger partial charge on any atom is -1.00 e. The summed E-state index contributed by atoms with van der Waals surface area (Å²) in [6, 6.07) is 32.6. The van der Waals surface area contributed by atoms with E-state index in [1.54, 1.807) is 0 Å². The van der Waals surface area contributed by atoms with Crippen LogP contribution in [0.5, 0.6) is 0 Å². The normalized spacial score (nSPS) is 12.3. The van der Waals surface area contributed by atoms with E-state index in [-0.39, 0.29) is 51.2 Å². The van der Waals surface area contributed by atoms with Crippen molar-refractivity contribution in [3.05, 3.63) is 103 Å². The van der Waals surface area contributed by atoms with Crippen LogP contribution in [0.25, 0.3) is 0 Å². The van der Waals surface area contributed by atoms with E-state index in [1.807, 2.05) is 0 Å². The van der Waals surface area contributed by atoms with Gasteiger partial charge < -0.3 is 33.1 Å². The zero-order chi connectivity index (χ0) is 28.5. The topological polar surface area (TPSA) is 18.5 Å². The van der Waals surface area contributed by atoms with Crippen molar-refractivity contribution in [1.29, 1.82) is 0 Å². The molecule has 0 N–H and O–H groups in total. The minimum atomic E-state index is -2.57. The van der Waals surface area contributed by atoms with E-state index >= 15 is 0 Å². The maximum atomic E-state index is 7.58. The molecule has 0 fully saturated rings. The Bertz CT molecular complexity index is 1000. The largest absolute Gasteiger partial charge is 2.00 e. The van der Waals surface area contributed by atoms with E-state index in [1.165, 1.54) is 60.9 Å². The first kappa shape index (κ1) is 39.1. The van der Waals surface area contributed by atoms with Crippen LogP contribution in [0.15, 0.2) is 91.0 Å². The van der Waals surface area contributed by atoms with Gasteiger partial charge >= 0.3 is 23.1 Å². The minimum absolute atomic E-state index is 0. The predicted molar refractivity (Wildman–Crippen MR) is 180 cm³/mol. The van der Waals surface area contributed by atoms with Crippen LogP contribution in [-0.4, -0.2) is 44.1 Å². The maximum Gasteiger partial charge on any atom is 2.00 e. The molecule has 226 valence electrons. The summed E-state index contributed by atoms with van der Waals surface area (Å²) in [5.74, 6) is 0. The molecule has 0 amide bonds. The molecule has 0 aliphatic heterocycles. The van der Waals surface area contributed by atoms with Gasteiger partial charge in [0.2, 0.25) is 0 Å². The van der Waals surface area contributed by atoms with Crippen molar-refractivity contribution in [2.45, 2.75) is 109 Å². The van der Waals surface area contributed by atoms with Gasteiger partial charge in [-0.15, -0.1) is 0 Å². The zero-order valence-electron chi connectivity index (χ0n) is 26.5. The van der Waals surface area contributed by atoms with Crippen molar-refractivity contribution in [3.8, 4) is 0 Å². The van der Waals surface area contributed by atoms with Gasteiger partial charge in [0.25, 0.3) is 8.32 Å². The number of ether oxygens (including phenoxy) is 1. The molecule has 0 radical (unpaired) electrons. The van der Waals surface area contributed by atoms with Crippen molar-refractivity contribution < 1.29 is 26.1 Å². The molecule has 42 heavy (non-hydrogen) atoms. The molecular formula is C37H53BrMgO2Si. The molecule has 0 saturated carbocycles. The third-order valence-corrected chi connectivity index (χ3v) is 13.1. The quantitative estimate of drug-likeness (QED) is 0.0906. The third-order valence-electron chi connectivity index (χ3n) is 7.96. The first-order chi connectivity index (χ1) is 19.5. The van der Waals surface area contributed by atoms with E-state index in [0.717, 1.165) is 32.3 Å². The summed E-state index contributed by atoms with van der Waals surface area (Å²) in [6.45, 7) is 12.6. The van der Waals surface area contributed by atoms with Crippen LogP contribution >= 0.6 is 0 Å². The van der Waals surface area contributed by atoms with E-state index in [0.29, 0.717) is 6.61 Å². The molecule has 0 bridgehead atoms. The van der Waals surface area contributed by atoms with Gasteiger partial charge in [-0.1, -0.05) is 157 Å². The SMILES string of the molecule is [Br-].[CH2-]CCCCCCCCC[C@H](CCCOCc1ccccc1)O[Si](c1ccccc1)(c1ccccc1)C(C)(C)C.[Mg+2]. The monoisotopic (exact) mass is 660 g/mol. The molecule has 0 heterocycles. The molecule has 0 spiro atoms. The Hall–Kier alpha value is -0.957. The predicted octanol–water partition coefficient (Wildman–Crippen LogP) is 5.90. The van der Waals surface area contributed by atoms with Gasteiger partial charge in [0, 0.05) is 12.7 Å². The average molecular weight is 662 g/mol. The van der Waals surface area contributed by atoms with E-state index in [9.17, 15) is 0 Å². The molecule has 0 unspecified atom stereocenters. The second-order valence-corrected chi connectivity index (χ2v) is 16.5. The molecule has 3 rings (SSSR count). The van der Waals surface area contributed by atoms with Crippen molar-refractivity contribution in [3.63, 3.8) is 0 Å². The van der Waals surface area contributed by atoms with Crippen LogP contribution in [-0.2, 0) is 15.8 Å². The Labute approximate surface area is 285 Å². The van der Waals surface area contributed by atoms with Crippen LogP contribution < -0.4 is 27.4 Å². The molecule has 3 aromatic rings. The standard InChI is InChI=1S/C37H53O2Si.BrH.Mg/c1-5-6-7-8-9-10-11-17-25-34(26-22-31-38-32-33-23-15-12-16-24-33)39-40(37(2,3)4,35-27-18-13-19-28-35)36-29-20-14-21-30-36;;/h12-16,18-21,23-24,27-30,34H,1,5-11,17,22,25-26,31-32H2,2-4H3;1H;/q-1;;+2/p-1/t34-;;/m1../s1. The summed E-state index contributed by atoms with van der Waals surface area (Å²) < 4.78 is 13.7. The van der Waals surface area contributed by atoms with Crippen LogP contribution in [0.1, 0.15) is 97.0 Å². The van der Waals surface area contributed by atoms with Crippen LogP contribution in [0.3, 0.4) is 0 Å². The molecule has 0 aliphatic rings. The Morgan fingerprint density at radius 1 is 0.643 bits per heavy atom. The number of rotatable bonds is 19. The van der Waals surface area contributed by atoms with Gasteiger partial charge in [0.1, 0.15) is 0 Å². The zero-order valence-corrected chi connectivity index (χ0v) is 30.5. The molecular weight excluding hydrogens is 609 g/mol. The summed E-state index contributed by atoms with van der Waals surface area (Å²) in [4.78, 5) is 0. The van der Waals surface area contributed by atoms with Crippen LogP contribution in [0.4, 0.5) is 0 Å². The summed E-state index contributed by atoms with van der Waals surface area (Å²) in [5, 5.41) is 2.72. The van der Waals surface area contributed by atoms with Crippen molar-refractivity contribution in [2.75, 3.05) is 6.61 Å². The fourth-order valence-electron chi connectivity index (χ4n) is 5.81. The smallest absolute Gasteiger partial charge is 1.00 e. The Morgan fingerprint density at radius 3 is 1.60 bits per heavy atom. The van der Waals surface area contributed by atoms with Gasteiger partial charge in [-0.25, -0.2) is 0 Å². The third kappa shape index (κ3) is 12.6. The van der Waals surface area contributed by atoms with Crippen LogP contribution in [0.2, 0.25) is 5.04 Å². The fraction of sp³-hybridized carbons (Fsp3) is 0.486. The number of benzene rings is 3. The molecule has 1 atom stereocenters. The summed E-state index contributed by atoms with van der Waals surface area (Å²) in [7, 11) is -2.57. The first-order valence-electron chi connectivity index (χ1n) is 15.7. The Kier molecular flexibility index (Phi) is 20.2. The second kappa shape index (κ2) is 21.7. The Balaban J connectivity index is 0.00000441. The summed E-state index contributed by atoms with van der Waals surface area (Å²) in [6.07, 6.45) is 13.6. The summed E-state index contributed by atoms with van der Waals surface area (Å²) in [5.41, 5.74) is 1.23. The van der Waals surface area contributed by atoms with E-state index in [4.69, 9.17) is 9.16 Å². The van der Waals surface area contributed by atoms with Gasteiger partial charge in [0.05, 0.1) is 6.61 Å². The fourth-order valence-corrected chi connectivity index (χ4v) is 10.6. The molecule has 0 aliphatic carbocycles. The van der Waals surface area contributed by atoms with Gasteiger partial charge in [0.15, 0.2) is 0 Å². The van der Waals surface area contributed by atoms with E-state index < -0.39 is 8.32 Å². The van der Waals surface area contributed by atoms with Crippen molar-refractivity contribution in [2.24, 2.45) is 0 Å². The average Bonchev–Trinajstić information content (AvgIpc) is 2.97. The van der Waals surface area contributed by atoms with Crippen LogP contribution in [0, 0.1) is 6.92 Å².